The lowest BCUT2D eigenvalue weighted by molar-refractivity contribution is -0.137. The van der Waals surface area contributed by atoms with E-state index in [2.05, 4.69) is 0 Å². The van der Waals surface area contributed by atoms with Crippen LogP contribution >= 0.6 is 23.2 Å². The molecule has 2 rings (SSSR count). The molecule has 1 atom stereocenters. The summed E-state index contributed by atoms with van der Waals surface area (Å²) in [5.41, 5.74) is 0. The van der Waals surface area contributed by atoms with E-state index in [9.17, 15) is 13.2 Å². The molecule has 0 spiro atoms. The van der Waals surface area contributed by atoms with Crippen molar-refractivity contribution in [2.24, 2.45) is 5.92 Å². The first-order valence-corrected chi connectivity index (χ1v) is 8.67. The van der Waals surface area contributed by atoms with Gasteiger partial charge in [-0.2, -0.15) is 4.31 Å². The lowest BCUT2D eigenvalue weighted by Gasteiger charge is -2.17. The highest BCUT2D eigenvalue weighted by molar-refractivity contribution is 7.89. The van der Waals surface area contributed by atoms with Crippen molar-refractivity contribution in [1.29, 1.82) is 0 Å². The smallest absolute Gasteiger partial charge is 0.303 e. The summed E-state index contributed by atoms with van der Waals surface area (Å²) in [5, 5.41) is 9.12. The summed E-state index contributed by atoms with van der Waals surface area (Å²) in [6.07, 6.45) is 1.19. The first-order chi connectivity index (χ1) is 9.80. The maximum atomic E-state index is 12.6. The molecule has 0 radical (unpaired) electrons. The average molecular weight is 352 g/mol. The molecule has 0 aliphatic carbocycles. The lowest BCUT2D eigenvalue weighted by atomic mass is 10.0. The Balaban J connectivity index is 2.14. The molecule has 5 nitrogen and oxygen atoms in total. The van der Waals surface area contributed by atoms with Gasteiger partial charge in [0, 0.05) is 24.5 Å². The molecule has 1 aliphatic heterocycles. The Morgan fingerprint density at radius 3 is 2.76 bits per heavy atom. The highest BCUT2D eigenvalue weighted by Gasteiger charge is 2.33. The molecule has 0 saturated carbocycles. The van der Waals surface area contributed by atoms with Crippen LogP contribution in [0.5, 0.6) is 0 Å². The number of carbonyl (C=O) groups is 1. The number of carboxylic acids is 1. The van der Waals surface area contributed by atoms with Crippen LogP contribution in [-0.2, 0) is 14.8 Å². The second kappa shape index (κ2) is 6.52. The van der Waals surface area contributed by atoms with Gasteiger partial charge in [0.15, 0.2) is 0 Å². The topological polar surface area (TPSA) is 74.7 Å². The minimum absolute atomic E-state index is 0.00412. The SMILES string of the molecule is O=C(O)CCC1CCN(S(=O)(=O)c2cc(Cl)ccc2Cl)C1. The Hall–Kier alpha value is -0.820. The largest absolute Gasteiger partial charge is 0.481 e. The Morgan fingerprint density at radius 1 is 1.38 bits per heavy atom. The van der Waals surface area contributed by atoms with Crippen molar-refractivity contribution < 1.29 is 18.3 Å². The predicted molar refractivity (Wildman–Crippen MR) is 80.2 cm³/mol. The summed E-state index contributed by atoms with van der Waals surface area (Å²) in [6.45, 7) is 0.688. The van der Waals surface area contributed by atoms with Gasteiger partial charge in [0.2, 0.25) is 10.0 Å². The van der Waals surface area contributed by atoms with E-state index < -0.39 is 16.0 Å². The van der Waals surface area contributed by atoms with Gasteiger partial charge in [0.1, 0.15) is 4.90 Å². The van der Waals surface area contributed by atoms with E-state index in [1.807, 2.05) is 0 Å². The van der Waals surface area contributed by atoms with Crippen LogP contribution in [0.1, 0.15) is 19.3 Å². The zero-order valence-electron chi connectivity index (χ0n) is 11.1. The standard InChI is InChI=1S/C13H15Cl2NO4S/c14-10-2-3-11(15)12(7-10)21(19,20)16-6-5-9(8-16)1-4-13(17)18/h2-3,7,9H,1,4-6,8H2,(H,17,18). The van der Waals surface area contributed by atoms with Gasteiger partial charge < -0.3 is 5.11 Å². The molecule has 1 unspecified atom stereocenters. The van der Waals surface area contributed by atoms with Crippen molar-refractivity contribution in [1.82, 2.24) is 4.31 Å². The van der Waals surface area contributed by atoms with Gasteiger partial charge in [-0.05, 0) is 37.0 Å². The maximum absolute atomic E-state index is 12.6. The molecule has 1 heterocycles. The molecule has 1 aliphatic rings. The third-order valence-corrected chi connectivity index (χ3v) is 6.11. The number of aliphatic carboxylic acids is 1. The molecule has 1 aromatic rings. The second-order valence-corrected chi connectivity index (χ2v) is 7.77. The minimum Gasteiger partial charge on any atom is -0.481 e. The van der Waals surface area contributed by atoms with E-state index in [1.54, 1.807) is 0 Å². The van der Waals surface area contributed by atoms with Crippen LogP contribution in [0.4, 0.5) is 0 Å². The van der Waals surface area contributed by atoms with Gasteiger partial charge in [0.05, 0.1) is 5.02 Å². The first-order valence-electron chi connectivity index (χ1n) is 6.47. The molecule has 0 bridgehead atoms. The van der Waals surface area contributed by atoms with Crippen LogP contribution in [0.25, 0.3) is 0 Å². The third kappa shape index (κ3) is 3.88. The average Bonchev–Trinajstić information content (AvgIpc) is 2.88. The van der Waals surface area contributed by atoms with Crippen LogP contribution in [0.2, 0.25) is 10.0 Å². The number of rotatable bonds is 5. The van der Waals surface area contributed by atoms with Gasteiger partial charge >= 0.3 is 5.97 Å². The quantitative estimate of drug-likeness (QED) is 0.884. The van der Waals surface area contributed by atoms with E-state index in [0.29, 0.717) is 31.0 Å². The fraction of sp³-hybridized carbons (Fsp3) is 0.462. The monoisotopic (exact) mass is 351 g/mol. The zero-order valence-corrected chi connectivity index (χ0v) is 13.5. The number of benzene rings is 1. The summed E-state index contributed by atoms with van der Waals surface area (Å²) in [4.78, 5) is 10.6. The highest BCUT2D eigenvalue weighted by Crippen LogP contribution is 2.31. The highest BCUT2D eigenvalue weighted by atomic mass is 35.5. The van der Waals surface area contributed by atoms with Crippen LogP contribution < -0.4 is 0 Å². The summed E-state index contributed by atoms with van der Waals surface area (Å²) in [7, 11) is -3.69. The molecule has 8 heteroatoms. The van der Waals surface area contributed by atoms with Crippen LogP contribution in [0.15, 0.2) is 23.1 Å². The fourth-order valence-electron chi connectivity index (χ4n) is 2.39. The number of sulfonamides is 1. The summed E-state index contributed by atoms with van der Waals surface area (Å²) < 4.78 is 26.5. The number of hydrogen-bond acceptors (Lipinski definition) is 3. The lowest BCUT2D eigenvalue weighted by Crippen LogP contribution is -2.29. The Labute approximate surface area is 133 Å². The molecule has 1 fully saturated rings. The first kappa shape index (κ1) is 16.5. The van der Waals surface area contributed by atoms with Gasteiger partial charge in [0.25, 0.3) is 0 Å². The van der Waals surface area contributed by atoms with Crippen molar-refractivity contribution in [3.63, 3.8) is 0 Å². The second-order valence-electron chi connectivity index (χ2n) is 5.02. The van der Waals surface area contributed by atoms with Crippen molar-refractivity contribution in [3.8, 4) is 0 Å². The Bertz CT molecular complexity index is 648. The van der Waals surface area contributed by atoms with Crippen LogP contribution in [0, 0.1) is 5.92 Å². The van der Waals surface area contributed by atoms with E-state index in [1.165, 1.54) is 22.5 Å². The molecular formula is C13H15Cl2NO4S. The van der Waals surface area contributed by atoms with Crippen molar-refractivity contribution >= 4 is 39.2 Å². The molecule has 21 heavy (non-hydrogen) atoms. The van der Waals surface area contributed by atoms with Crippen molar-refractivity contribution in [3.05, 3.63) is 28.2 Å². The van der Waals surface area contributed by atoms with Gasteiger partial charge in [-0.1, -0.05) is 23.2 Å². The molecule has 1 saturated heterocycles. The zero-order chi connectivity index (χ0) is 15.6. The minimum atomic E-state index is -3.69. The van der Waals surface area contributed by atoms with Gasteiger partial charge in [-0.25, -0.2) is 8.42 Å². The maximum Gasteiger partial charge on any atom is 0.303 e. The molecule has 1 aromatic carbocycles. The van der Waals surface area contributed by atoms with E-state index >= 15 is 0 Å². The Morgan fingerprint density at radius 2 is 2.10 bits per heavy atom. The third-order valence-electron chi connectivity index (χ3n) is 3.53. The van der Waals surface area contributed by atoms with E-state index in [4.69, 9.17) is 28.3 Å². The molecule has 0 aromatic heterocycles. The summed E-state index contributed by atoms with van der Waals surface area (Å²) >= 11 is 11.8. The fourth-order valence-corrected chi connectivity index (χ4v) is 4.66. The number of nitrogens with zero attached hydrogens (tertiary/aromatic N) is 1. The van der Waals surface area contributed by atoms with Gasteiger partial charge in [-0.15, -0.1) is 0 Å². The van der Waals surface area contributed by atoms with Crippen LogP contribution in [0.3, 0.4) is 0 Å². The number of carboxylic acid groups (broad SMARTS) is 1. The van der Waals surface area contributed by atoms with Crippen molar-refractivity contribution in [2.75, 3.05) is 13.1 Å². The Kier molecular flexibility index (Phi) is 5.14. The van der Waals surface area contributed by atoms with Crippen LogP contribution in [-0.4, -0.2) is 36.9 Å². The number of hydrogen-bond donors (Lipinski definition) is 1. The molecule has 116 valence electrons. The van der Waals surface area contributed by atoms with E-state index in [-0.39, 0.29) is 22.3 Å². The molecule has 0 amide bonds. The van der Waals surface area contributed by atoms with Gasteiger partial charge in [-0.3, -0.25) is 4.79 Å². The molecular weight excluding hydrogens is 337 g/mol. The molecule has 1 N–H and O–H groups in total. The van der Waals surface area contributed by atoms with Crippen molar-refractivity contribution in [2.45, 2.75) is 24.2 Å². The number of halogens is 2. The van der Waals surface area contributed by atoms with E-state index in [0.717, 1.165) is 0 Å². The predicted octanol–water partition coefficient (Wildman–Crippen LogP) is 2.87. The summed E-state index contributed by atoms with van der Waals surface area (Å²) in [6, 6.07) is 4.32. The summed E-state index contributed by atoms with van der Waals surface area (Å²) in [5.74, 6) is -0.803. The normalized spacial score (nSPS) is 19.8.